The van der Waals surface area contributed by atoms with Gasteiger partial charge in [0.2, 0.25) is 0 Å². The van der Waals surface area contributed by atoms with Crippen LogP contribution in [0.1, 0.15) is 36.0 Å². The molecule has 0 aromatic heterocycles. The molecule has 1 aromatic rings. The Labute approximate surface area is 111 Å². The van der Waals surface area contributed by atoms with Crippen LogP contribution in [0.25, 0.3) is 0 Å². The van der Waals surface area contributed by atoms with E-state index in [1.165, 1.54) is 12.1 Å². The fourth-order valence-corrected chi connectivity index (χ4v) is 2.58. The summed E-state index contributed by atoms with van der Waals surface area (Å²) in [5.74, 6) is -1.29. The topological polar surface area (TPSA) is 75.3 Å². The molecular weight excluding hydrogens is 247 g/mol. The van der Waals surface area contributed by atoms with Gasteiger partial charge in [-0.05, 0) is 37.3 Å². The molecule has 2 atom stereocenters. The summed E-state index contributed by atoms with van der Waals surface area (Å²) >= 11 is 0. The standard InChI is InChI=1S/C14H19FN2O2/c15-11-5-2-6-12(18)13(11)14(19)17-8-9-3-1-4-10(16)7-9/h2,5-6,9-10,18H,1,3-4,7-8,16H2,(H,17,19). The van der Waals surface area contributed by atoms with Gasteiger partial charge in [-0.25, -0.2) is 4.39 Å². The van der Waals surface area contributed by atoms with Crippen LogP contribution in [0.15, 0.2) is 18.2 Å². The molecule has 0 bridgehead atoms. The molecule has 2 unspecified atom stereocenters. The van der Waals surface area contributed by atoms with Gasteiger partial charge < -0.3 is 16.2 Å². The lowest BCUT2D eigenvalue weighted by molar-refractivity contribution is 0.0935. The second-order valence-corrected chi connectivity index (χ2v) is 5.14. The summed E-state index contributed by atoms with van der Waals surface area (Å²) in [7, 11) is 0. The highest BCUT2D eigenvalue weighted by Crippen LogP contribution is 2.23. The number of benzene rings is 1. The van der Waals surface area contributed by atoms with Gasteiger partial charge in [-0.2, -0.15) is 0 Å². The first kappa shape index (κ1) is 13.8. The number of phenolic OH excluding ortho intramolecular Hbond substituents is 1. The Hall–Kier alpha value is -1.62. The third kappa shape index (κ3) is 3.44. The van der Waals surface area contributed by atoms with Crippen LogP contribution in [0.3, 0.4) is 0 Å². The highest BCUT2D eigenvalue weighted by Gasteiger charge is 2.21. The molecule has 4 nitrogen and oxygen atoms in total. The van der Waals surface area contributed by atoms with Crippen LogP contribution >= 0.6 is 0 Å². The van der Waals surface area contributed by atoms with Gasteiger partial charge >= 0.3 is 0 Å². The molecule has 104 valence electrons. The minimum Gasteiger partial charge on any atom is -0.507 e. The number of carbonyl (C=O) groups excluding carboxylic acids is 1. The number of phenols is 1. The molecule has 4 N–H and O–H groups in total. The van der Waals surface area contributed by atoms with Crippen molar-refractivity contribution >= 4 is 5.91 Å². The number of aromatic hydroxyl groups is 1. The number of hydrogen-bond acceptors (Lipinski definition) is 3. The maximum Gasteiger partial charge on any atom is 0.258 e. The fourth-order valence-electron chi connectivity index (χ4n) is 2.58. The minimum atomic E-state index is -0.710. The van der Waals surface area contributed by atoms with Crippen molar-refractivity contribution in [1.82, 2.24) is 5.32 Å². The van der Waals surface area contributed by atoms with E-state index in [9.17, 15) is 14.3 Å². The molecule has 0 heterocycles. The van der Waals surface area contributed by atoms with E-state index in [1.807, 2.05) is 0 Å². The second kappa shape index (κ2) is 6.02. The van der Waals surface area contributed by atoms with Crippen LogP contribution < -0.4 is 11.1 Å². The maximum absolute atomic E-state index is 13.5. The van der Waals surface area contributed by atoms with Crippen LogP contribution in [-0.2, 0) is 0 Å². The number of nitrogens with one attached hydrogen (secondary N) is 1. The fraction of sp³-hybridized carbons (Fsp3) is 0.500. The first-order valence-electron chi connectivity index (χ1n) is 6.59. The van der Waals surface area contributed by atoms with Crippen molar-refractivity contribution in [3.8, 4) is 5.75 Å². The van der Waals surface area contributed by atoms with E-state index in [0.717, 1.165) is 31.7 Å². The first-order valence-corrected chi connectivity index (χ1v) is 6.59. The normalized spacial score (nSPS) is 23.1. The predicted octanol–water partition coefficient (Wildman–Crippen LogP) is 1.78. The van der Waals surface area contributed by atoms with E-state index < -0.39 is 11.7 Å². The Morgan fingerprint density at radius 2 is 2.26 bits per heavy atom. The summed E-state index contributed by atoms with van der Waals surface area (Å²) < 4.78 is 13.5. The van der Waals surface area contributed by atoms with Gasteiger partial charge in [-0.15, -0.1) is 0 Å². The van der Waals surface area contributed by atoms with Crippen molar-refractivity contribution in [1.29, 1.82) is 0 Å². The smallest absolute Gasteiger partial charge is 0.258 e. The van der Waals surface area contributed by atoms with Gasteiger partial charge in [0, 0.05) is 12.6 Å². The van der Waals surface area contributed by atoms with E-state index in [0.29, 0.717) is 12.5 Å². The third-order valence-corrected chi connectivity index (χ3v) is 3.59. The van der Waals surface area contributed by atoms with Crippen LogP contribution in [0, 0.1) is 11.7 Å². The zero-order valence-corrected chi connectivity index (χ0v) is 10.7. The summed E-state index contributed by atoms with van der Waals surface area (Å²) in [5.41, 5.74) is 5.59. The number of rotatable bonds is 3. The van der Waals surface area contributed by atoms with Crippen LogP contribution in [-0.4, -0.2) is 23.6 Å². The van der Waals surface area contributed by atoms with Crippen LogP contribution in [0.2, 0.25) is 0 Å². The molecular formula is C14H19FN2O2. The highest BCUT2D eigenvalue weighted by atomic mass is 19.1. The second-order valence-electron chi connectivity index (χ2n) is 5.14. The van der Waals surface area contributed by atoms with E-state index in [2.05, 4.69) is 5.32 Å². The summed E-state index contributed by atoms with van der Waals surface area (Å²) in [6.45, 7) is 0.473. The molecule has 0 radical (unpaired) electrons. The number of carbonyl (C=O) groups is 1. The number of nitrogens with two attached hydrogens (primary N) is 1. The molecule has 1 amide bonds. The lowest BCUT2D eigenvalue weighted by atomic mass is 9.86. The van der Waals surface area contributed by atoms with Crippen molar-refractivity contribution in [3.05, 3.63) is 29.6 Å². The molecule has 1 saturated carbocycles. The Bertz CT molecular complexity index is 445. The van der Waals surface area contributed by atoms with Crippen LogP contribution in [0.4, 0.5) is 4.39 Å². The van der Waals surface area contributed by atoms with E-state index >= 15 is 0 Å². The molecule has 0 saturated heterocycles. The maximum atomic E-state index is 13.5. The zero-order chi connectivity index (χ0) is 13.8. The van der Waals surface area contributed by atoms with Crippen molar-refractivity contribution in [2.24, 2.45) is 11.7 Å². The molecule has 1 aliphatic rings. The monoisotopic (exact) mass is 266 g/mol. The lowest BCUT2D eigenvalue weighted by Gasteiger charge is -2.26. The van der Waals surface area contributed by atoms with E-state index in [1.54, 1.807) is 0 Å². The summed E-state index contributed by atoms with van der Waals surface area (Å²) in [6, 6.07) is 4.01. The molecule has 19 heavy (non-hydrogen) atoms. The van der Waals surface area contributed by atoms with Crippen LogP contribution in [0.5, 0.6) is 5.75 Å². The Kier molecular flexibility index (Phi) is 4.37. The lowest BCUT2D eigenvalue weighted by Crippen LogP contribution is -2.35. The SMILES string of the molecule is NC1CCCC(CNC(=O)c2c(O)cccc2F)C1. The quantitative estimate of drug-likeness (QED) is 0.780. The Balaban J connectivity index is 1.94. The van der Waals surface area contributed by atoms with Crippen molar-refractivity contribution < 1.29 is 14.3 Å². The third-order valence-electron chi connectivity index (χ3n) is 3.59. The van der Waals surface area contributed by atoms with E-state index in [4.69, 9.17) is 5.73 Å². The summed E-state index contributed by atoms with van der Waals surface area (Å²) in [6.07, 6.45) is 3.99. The van der Waals surface area contributed by atoms with Gasteiger partial charge in [-0.1, -0.05) is 12.5 Å². The average molecular weight is 266 g/mol. The number of halogens is 1. The summed E-state index contributed by atoms with van der Waals surface area (Å²) in [4.78, 5) is 11.9. The van der Waals surface area contributed by atoms with Crippen molar-refractivity contribution in [3.63, 3.8) is 0 Å². The molecule has 1 aromatic carbocycles. The molecule has 1 aliphatic carbocycles. The van der Waals surface area contributed by atoms with Gasteiger partial charge in [0.1, 0.15) is 17.1 Å². The molecule has 0 aliphatic heterocycles. The van der Waals surface area contributed by atoms with E-state index in [-0.39, 0.29) is 17.4 Å². The van der Waals surface area contributed by atoms with Crippen molar-refractivity contribution in [2.75, 3.05) is 6.54 Å². The van der Waals surface area contributed by atoms with Gasteiger partial charge in [0.25, 0.3) is 5.91 Å². The van der Waals surface area contributed by atoms with Crippen molar-refractivity contribution in [2.45, 2.75) is 31.7 Å². The summed E-state index contributed by atoms with van der Waals surface area (Å²) in [5, 5.41) is 12.2. The Morgan fingerprint density at radius 1 is 1.47 bits per heavy atom. The van der Waals surface area contributed by atoms with Gasteiger partial charge in [0.05, 0.1) is 0 Å². The highest BCUT2D eigenvalue weighted by molar-refractivity contribution is 5.97. The number of amides is 1. The van der Waals surface area contributed by atoms with Gasteiger partial charge in [0.15, 0.2) is 0 Å². The first-order chi connectivity index (χ1) is 9.08. The average Bonchev–Trinajstić information content (AvgIpc) is 2.36. The largest absolute Gasteiger partial charge is 0.507 e. The molecule has 0 spiro atoms. The zero-order valence-electron chi connectivity index (χ0n) is 10.7. The number of hydrogen-bond donors (Lipinski definition) is 3. The van der Waals surface area contributed by atoms with Gasteiger partial charge in [-0.3, -0.25) is 4.79 Å². The Morgan fingerprint density at radius 3 is 2.95 bits per heavy atom. The molecule has 5 heteroatoms. The minimum absolute atomic E-state index is 0.192. The predicted molar refractivity (Wildman–Crippen MR) is 70.3 cm³/mol. The molecule has 2 rings (SSSR count). The molecule has 1 fully saturated rings.